The van der Waals surface area contributed by atoms with Crippen LogP contribution in [-0.4, -0.2) is 44.9 Å². The number of rotatable bonds is 5. The van der Waals surface area contributed by atoms with Gasteiger partial charge in [0.15, 0.2) is 0 Å². The van der Waals surface area contributed by atoms with Crippen LogP contribution in [0, 0.1) is 0 Å². The number of H-pyrrole nitrogens is 1. The van der Waals surface area contributed by atoms with E-state index in [4.69, 9.17) is 5.11 Å². The van der Waals surface area contributed by atoms with Crippen molar-refractivity contribution < 1.29 is 14.7 Å². The molecule has 0 unspecified atom stereocenters. The van der Waals surface area contributed by atoms with Crippen molar-refractivity contribution in [2.45, 2.75) is 13.3 Å². The summed E-state index contributed by atoms with van der Waals surface area (Å²) < 4.78 is 0. The Balaban J connectivity index is 2.26. The van der Waals surface area contributed by atoms with Gasteiger partial charge in [-0.05, 0) is 24.6 Å². The zero-order chi connectivity index (χ0) is 13.8. The van der Waals surface area contributed by atoms with Crippen LogP contribution in [-0.2, 0) is 4.79 Å². The molecule has 2 aromatic rings. The summed E-state index contributed by atoms with van der Waals surface area (Å²) in [4.78, 5) is 31.4. The fourth-order valence-electron chi connectivity index (χ4n) is 1.94. The van der Waals surface area contributed by atoms with Crippen molar-refractivity contribution in [3.8, 4) is 0 Å². The maximum atomic E-state index is 12.3. The predicted molar refractivity (Wildman–Crippen MR) is 69.9 cm³/mol. The Labute approximate surface area is 110 Å². The molecule has 0 aliphatic carbocycles. The molecular formula is C13H15N3O3. The first-order valence-corrected chi connectivity index (χ1v) is 6.06. The Bertz CT molecular complexity index is 606. The summed E-state index contributed by atoms with van der Waals surface area (Å²) in [6.07, 6.45) is 2.27. The maximum Gasteiger partial charge on any atom is 0.323 e. The molecule has 1 amide bonds. The zero-order valence-corrected chi connectivity index (χ0v) is 10.6. The van der Waals surface area contributed by atoms with Crippen LogP contribution in [0.4, 0.5) is 0 Å². The number of carbonyl (C=O) groups is 2. The number of hydrogen-bond acceptors (Lipinski definition) is 3. The molecule has 1 aromatic heterocycles. The average molecular weight is 261 g/mol. The van der Waals surface area contributed by atoms with E-state index in [1.54, 1.807) is 24.5 Å². The quantitative estimate of drug-likeness (QED) is 0.854. The average Bonchev–Trinajstić information content (AvgIpc) is 2.84. The number of imidazole rings is 1. The van der Waals surface area contributed by atoms with Crippen LogP contribution in [0.1, 0.15) is 23.7 Å². The molecule has 0 saturated heterocycles. The molecule has 0 fully saturated rings. The first kappa shape index (κ1) is 13.1. The number of aromatic amines is 1. The zero-order valence-electron chi connectivity index (χ0n) is 10.6. The predicted octanol–water partition coefficient (Wildman–Crippen LogP) is 1.50. The van der Waals surface area contributed by atoms with Crippen LogP contribution in [0.3, 0.4) is 0 Å². The molecule has 0 bridgehead atoms. The van der Waals surface area contributed by atoms with E-state index >= 15 is 0 Å². The summed E-state index contributed by atoms with van der Waals surface area (Å²) in [5.74, 6) is -1.29. The van der Waals surface area contributed by atoms with Gasteiger partial charge in [0.1, 0.15) is 6.54 Å². The number of nitrogens with zero attached hydrogens (tertiary/aromatic N) is 2. The SMILES string of the molecule is CCCN(CC(=O)O)C(=O)c1ccc2nc[nH]c2c1. The van der Waals surface area contributed by atoms with Gasteiger partial charge in [0.05, 0.1) is 17.4 Å². The van der Waals surface area contributed by atoms with E-state index in [9.17, 15) is 9.59 Å². The van der Waals surface area contributed by atoms with Gasteiger partial charge in [-0.15, -0.1) is 0 Å². The molecule has 1 heterocycles. The van der Waals surface area contributed by atoms with Gasteiger partial charge in [0.25, 0.3) is 5.91 Å². The number of carboxylic acid groups (broad SMARTS) is 1. The number of aromatic nitrogens is 2. The first-order chi connectivity index (χ1) is 9.11. The summed E-state index contributed by atoms with van der Waals surface area (Å²) in [7, 11) is 0. The van der Waals surface area contributed by atoms with Crippen molar-refractivity contribution in [3.05, 3.63) is 30.1 Å². The normalized spacial score (nSPS) is 10.6. The summed E-state index contributed by atoms with van der Waals surface area (Å²) in [6, 6.07) is 5.09. The summed E-state index contributed by atoms with van der Waals surface area (Å²) in [5.41, 5.74) is 2.00. The van der Waals surface area contributed by atoms with Crippen LogP contribution in [0.25, 0.3) is 11.0 Å². The number of aliphatic carboxylic acids is 1. The highest BCUT2D eigenvalue weighted by Gasteiger charge is 2.18. The largest absolute Gasteiger partial charge is 0.480 e. The van der Waals surface area contributed by atoms with E-state index in [-0.39, 0.29) is 12.5 Å². The lowest BCUT2D eigenvalue weighted by atomic mass is 10.1. The van der Waals surface area contributed by atoms with Gasteiger partial charge in [0.2, 0.25) is 0 Å². The van der Waals surface area contributed by atoms with Crippen LogP contribution >= 0.6 is 0 Å². The Hall–Kier alpha value is -2.37. The molecule has 100 valence electrons. The highest BCUT2D eigenvalue weighted by Crippen LogP contribution is 2.13. The minimum atomic E-state index is -1.01. The molecule has 0 aliphatic heterocycles. The second kappa shape index (κ2) is 5.51. The molecule has 0 saturated carbocycles. The molecule has 0 radical (unpaired) electrons. The van der Waals surface area contributed by atoms with E-state index in [0.29, 0.717) is 18.5 Å². The highest BCUT2D eigenvalue weighted by atomic mass is 16.4. The van der Waals surface area contributed by atoms with Crippen molar-refractivity contribution in [1.29, 1.82) is 0 Å². The molecule has 19 heavy (non-hydrogen) atoms. The molecule has 0 aliphatic rings. The minimum Gasteiger partial charge on any atom is -0.480 e. The second-order valence-corrected chi connectivity index (χ2v) is 4.25. The lowest BCUT2D eigenvalue weighted by molar-refractivity contribution is -0.137. The first-order valence-electron chi connectivity index (χ1n) is 6.06. The second-order valence-electron chi connectivity index (χ2n) is 4.25. The smallest absolute Gasteiger partial charge is 0.323 e. The van der Waals surface area contributed by atoms with Gasteiger partial charge in [-0.1, -0.05) is 6.92 Å². The number of carboxylic acids is 1. The fraction of sp³-hybridized carbons (Fsp3) is 0.308. The van der Waals surface area contributed by atoms with Crippen LogP contribution in [0.2, 0.25) is 0 Å². The maximum absolute atomic E-state index is 12.3. The molecule has 2 rings (SSSR count). The van der Waals surface area contributed by atoms with Crippen LogP contribution in [0.15, 0.2) is 24.5 Å². The lowest BCUT2D eigenvalue weighted by Gasteiger charge is -2.19. The van der Waals surface area contributed by atoms with Gasteiger partial charge in [-0.3, -0.25) is 9.59 Å². The molecule has 2 N–H and O–H groups in total. The Morgan fingerprint density at radius 1 is 1.42 bits per heavy atom. The van der Waals surface area contributed by atoms with Crippen molar-refractivity contribution in [1.82, 2.24) is 14.9 Å². The van der Waals surface area contributed by atoms with E-state index in [0.717, 1.165) is 11.0 Å². The number of hydrogen-bond donors (Lipinski definition) is 2. The fourth-order valence-corrected chi connectivity index (χ4v) is 1.94. The van der Waals surface area contributed by atoms with Gasteiger partial charge < -0.3 is 15.0 Å². The number of amides is 1. The standard InChI is InChI=1S/C13H15N3O3/c1-2-5-16(7-12(17)18)13(19)9-3-4-10-11(6-9)15-8-14-10/h3-4,6,8H,2,5,7H2,1H3,(H,14,15)(H,17,18). The van der Waals surface area contributed by atoms with Gasteiger partial charge in [-0.25, -0.2) is 4.98 Å². The van der Waals surface area contributed by atoms with E-state index in [1.165, 1.54) is 4.90 Å². The van der Waals surface area contributed by atoms with Crippen LogP contribution < -0.4 is 0 Å². The van der Waals surface area contributed by atoms with E-state index in [1.807, 2.05) is 6.92 Å². The highest BCUT2D eigenvalue weighted by molar-refractivity contribution is 5.98. The molecule has 6 nitrogen and oxygen atoms in total. The summed E-state index contributed by atoms with van der Waals surface area (Å²) in [5, 5.41) is 8.83. The Morgan fingerprint density at radius 2 is 2.21 bits per heavy atom. The molecule has 0 atom stereocenters. The number of benzene rings is 1. The number of nitrogens with one attached hydrogen (secondary N) is 1. The van der Waals surface area contributed by atoms with Gasteiger partial charge >= 0.3 is 5.97 Å². The monoisotopic (exact) mass is 261 g/mol. The summed E-state index contributed by atoms with van der Waals surface area (Å²) in [6.45, 7) is 2.04. The topological polar surface area (TPSA) is 86.3 Å². The van der Waals surface area contributed by atoms with E-state index < -0.39 is 5.97 Å². The third-order valence-electron chi connectivity index (χ3n) is 2.77. The Kier molecular flexibility index (Phi) is 3.79. The minimum absolute atomic E-state index is 0.277. The summed E-state index contributed by atoms with van der Waals surface area (Å²) >= 11 is 0. The number of fused-ring (bicyclic) bond motifs is 1. The Morgan fingerprint density at radius 3 is 2.89 bits per heavy atom. The molecule has 6 heteroatoms. The lowest BCUT2D eigenvalue weighted by Crippen LogP contribution is -2.36. The molecule has 0 spiro atoms. The molecular weight excluding hydrogens is 246 g/mol. The molecule has 1 aromatic carbocycles. The van der Waals surface area contributed by atoms with Crippen molar-refractivity contribution in [2.75, 3.05) is 13.1 Å². The van der Waals surface area contributed by atoms with Crippen molar-refractivity contribution in [3.63, 3.8) is 0 Å². The van der Waals surface area contributed by atoms with Crippen molar-refractivity contribution in [2.24, 2.45) is 0 Å². The number of carbonyl (C=O) groups excluding carboxylic acids is 1. The van der Waals surface area contributed by atoms with Crippen molar-refractivity contribution >= 4 is 22.9 Å². The third kappa shape index (κ3) is 2.90. The van der Waals surface area contributed by atoms with E-state index in [2.05, 4.69) is 9.97 Å². The van der Waals surface area contributed by atoms with Gasteiger partial charge in [-0.2, -0.15) is 0 Å². The van der Waals surface area contributed by atoms with Crippen LogP contribution in [0.5, 0.6) is 0 Å². The van der Waals surface area contributed by atoms with Gasteiger partial charge in [0, 0.05) is 12.1 Å². The third-order valence-corrected chi connectivity index (χ3v) is 2.77.